The Balaban J connectivity index is 1.41. The molecule has 4 aromatic rings. The van der Waals surface area contributed by atoms with Gasteiger partial charge in [0.1, 0.15) is 17.0 Å². The fraction of sp³-hybridized carbons (Fsp3) is 0.0417. The number of fused-ring (bicyclic) bond motifs is 1. The number of nitriles is 1. The molecule has 30 heavy (non-hydrogen) atoms. The monoisotopic (exact) mass is 395 g/mol. The number of aromatic nitrogens is 1. The number of anilines is 1. The van der Waals surface area contributed by atoms with Gasteiger partial charge in [-0.1, -0.05) is 12.1 Å². The molecule has 0 unspecified atom stereocenters. The molecule has 0 bridgehead atoms. The van der Waals surface area contributed by atoms with Crippen LogP contribution in [0.3, 0.4) is 0 Å². The Morgan fingerprint density at radius 2 is 1.87 bits per heavy atom. The van der Waals surface area contributed by atoms with Crippen LogP contribution >= 0.6 is 0 Å². The minimum atomic E-state index is -0.291. The second-order valence-corrected chi connectivity index (χ2v) is 6.56. The first-order valence-corrected chi connectivity index (χ1v) is 9.24. The van der Waals surface area contributed by atoms with Crippen LogP contribution in [0.2, 0.25) is 0 Å². The van der Waals surface area contributed by atoms with Gasteiger partial charge in [0.05, 0.1) is 11.6 Å². The zero-order valence-corrected chi connectivity index (χ0v) is 16.1. The lowest BCUT2D eigenvalue weighted by molar-refractivity contribution is -0.111. The summed E-state index contributed by atoms with van der Waals surface area (Å²) in [6.07, 6.45) is 2.92. The number of nitrogens with zero attached hydrogens (tertiary/aromatic N) is 2. The number of para-hydroxylation sites is 2. The van der Waals surface area contributed by atoms with Gasteiger partial charge in [0, 0.05) is 17.8 Å². The molecule has 1 amide bonds. The van der Waals surface area contributed by atoms with Crippen LogP contribution in [-0.4, -0.2) is 10.9 Å². The molecule has 0 aliphatic heterocycles. The van der Waals surface area contributed by atoms with Crippen molar-refractivity contribution in [3.63, 3.8) is 0 Å². The van der Waals surface area contributed by atoms with E-state index in [1.54, 1.807) is 36.4 Å². The van der Waals surface area contributed by atoms with E-state index in [9.17, 15) is 4.79 Å². The van der Waals surface area contributed by atoms with Crippen molar-refractivity contribution in [3.8, 4) is 17.6 Å². The van der Waals surface area contributed by atoms with E-state index >= 15 is 0 Å². The molecule has 0 aliphatic carbocycles. The first kappa shape index (κ1) is 19.0. The summed E-state index contributed by atoms with van der Waals surface area (Å²) in [5, 5.41) is 11.7. The molecule has 0 saturated heterocycles. The molecular weight excluding hydrogens is 378 g/mol. The zero-order chi connectivity index (χ0) is 20.9. The van der Waals surface area contributed by atoms with Crippen LogP contribution < -0.4 is 10.1 Å². The van der Waals surface area contributed by atoms with E-state index in [2.05, 4.69) is 16.4 Å². The van der Waals surface area contributed by atoms with E-state index in [0.717, 1.165) is 11.1 Å². The highest BCUT2D eigenvalue weighted by atomic mass is 16.5. The third-order valence-corrected chi connectivity index (χ3v) is 4.36. The normalized spacial score (nSPS) is 10.8. The number of carbonyl (C=O) groups is 1. The molecule has 146 valence electrons. The van der Waals surface area contributed by atoms with Crippen LogP contribution in [0, 0.1) is 18.3 Å². The van der Waals surface area contributed by atoms with Crippen LogP contribution in [-0.2, 0) is 4.79 Å². The van der Waals surface area contributed by atoms with Gasteiger partial charge in [-0.15, -0.1) is 0 Å². The van der Waals surface area contributed by atoms with Crippen molar-refractivity contribution < 1.29 is 13.9 Å². The van der Waals surface area contributed by atoms with Gasteiger partial charge in [0.2, 0.25) is 11.8 Å². The Bertz CT molecular complexity index is 1250. The third-order valence-electron chi connectivity index (χ3n) is 4.36. The molecule has 4 rings (SSSR count). The van der Waals surface area contributed by atoms with Crippen molar-refractivity contribution in [2.75, 3.05) is 5.32 Å². The summed E-state index contributed by atoms with van der Waals surface area (Å²) in [6, 6.07) is 21.7. The fourth-order valence-electron chi connectivity index (χ4n) is 2.86. The highest BCUT2D eigenvalue weighted by molar-refractivity contribution is 6.02. The smallest absolute Gasteiger partial charge is 0.248 e. The Kier molecular flexibility index (Phi) is 5.27. The number of rotatable bonds is 5. The van der Waals surface area contributed by atoms with Crippen LogP contribution in [0.1, 0.15) is 17.0 Å². The van der Waals surface area contributed by atoms with Crippen molar-refractivity contribution >= 4 is 28.8 Å². The van der Waals surface area contributed by atoms with Gasteiger partial charge < -0.3 is 14.5 Å². The minimum absolute atomic E-state index is 0.291. The average molecular weight is 395 g/mol. The summed E-state index contributed by atoms with van der Waals surface area (Å²) in [5.41, 5.74) is 3.51. The van der Waals surface area contributed by atoms with Crippen molar-refractivity contribution in [1.29, 1.82) is 5.26 Å². The van der Waals surface area contributed by atoms with Crippen LogP contribution in [0.5, 0.6) is 11.5 Å². The van der Waals surface area contributed by atoms with E-state index < -0.39 is 0 Å². The lowest BCUT2D eigenvalue weighted by Gasteiger charge is -2.10. The zero-order valence-electron chi connectivity index (χ0n) is 16.1. The van der Waals surface area contributed by atoms with E-state index in [-0.39, 0.29) is 5.91 Å². The second-order valence-electron chi connectivity index (χ2n) is 6.56. The number of ether oxygens (including phenoxy) is 1. The molecule has 1 N–H and O–H groups in total. The second kappa shape index (κ2) is 8.33. The van der Waals surface area contributed by atoms with E-state index in [4.69, 9.17) is 14.4 Å². The van der Waals surface area contributed by atoms with Crippen LogP contribution in [0.4, 0.5) is 5.69 Å². The number of oxazole rings is 1. The van der Waals surface area contributed by atoms with Gasteiger partial charge in [-0.25, -0.2) is 4.98 Å². The molecule has 6 nitrogen and oxygen atoms in total. The van der Waals surface area contributed by atoms with Gasteiger partial charge in [-0.3, -0.25) is 4.79 Å². The topological polar surface area (TPSA) is 88.1 Å². The highest BCUT2D eigenvalue weighted by Crippen LogP contribution is 2.26. The summed E-state index contributed by atoms with van der Waals surface area (Å²) < 4.78 is 11.4. The third kappa shape index (κ3) is 4.37. The van der Waals surface area contributed by atoms with Gasteiger partial charge in [-0.05, 0) is 67.1 Å². The summed E-state index contributed by atoms with van der Waals surface area (Å²) in [5.74, 6) is 1.35. The molecule has 0 spiro atoms. The molecule has 3 aromatic carbocycles. The van der Waals surface area contributed by atoms with Crippen molar-refractivity contribution in [1.82, 2.24) is 4.98 Å². The largest absolute Gasteiger partial charge is 0.457 e. The van der Waals surface area contributed by atoms with Gasteiger partial charge in [-0.2, -0.15) is 5.26 Å². The number of amides is 1. The molecule has 0 fully saturated rings. The standard InChI is InChI=1S/C24H17N3O3/c1-16-14-19(29-18-8-6-17(15-25)7-9-18)10-11-20(16)26-23(28)12-13-24-27-21-4-2-3-5-22(21)30-24/h2-14H,1H3,(H,26,28)/b13-12+. The molecule has 0 saturated carbocycles. The summed E-state index contributed by atoms with van der Waals surface area (Å²) >= 11 is 0. The van der Waals surface area contributed by atoms with E-state index in [1.165, 1.54) is 12.2 Å². The molecule has 0 aliphatic rings. The lowest BCUT2D eigenvalue weighted by Crippen LogP contribution is -2.08. The number of carbonyl (C=O) groups excluding carboxylic acids is 1. The Hall–Kier alpha value is -4.37. The number of hydrogen-bond donors (Lipinski definition) is 1. The fourth-order valence-corrected chi connectivity index (χ4v) is 2.86. The Morgan fingerprint density at radius 3 is 2.60 bits per heavy atom. The lowest BCUT2D eigenvalue weighted by atomic mass is 10.2. The predicted octanol–water partition coefficient (Wildman–Crippen LogP) is 5.45. The summed E-state index contributed by atoms with van der Waals surface area (Å²) in [4.78, 5) is 16.6. The number of nitrogens with one attached hydrogen (secondary N) is 1. The maximum atomic E-state index is 12.3. The van der Waals surface area contributed by atoms with Crippen molar-refractivity contribution in [2.45, 2.75) is 6.92 Å². The van der Waals surface area contributed by atoms with Crippen molar-refractivity contribution in [3.05, 3.63) is 89.8 Å². The predicted molar refractivity (Wildman–Crippen MR) is 114 cm³/mol. The first-order valence-electron chi connectivity index (χ1n) is 9.24. The molecule has 6 heteroatoms. The number of aryl methyl sites for hydroxylation is 1. The quantitative estimate of drug-likeness (QED) is 0.454. The molecule has 0 radical (unpaired) electrons. The van der Waals surface area contributed by atoms with Crippen molar-refractivity contribution in [2.24, 2.45) is 0 Å². The van der Waals surface area contributed by atoms with Gasteiger partial charge in [0.15, 0.2) is 5.58 Å². The average Bonchev–Trinajstić information content (AvgIpc) is 3.18. The first-order chi connectivity index (χ1) is 14.6. The van der Waals surface area contributed by atoms with Gasteiger partial charge in [0.25, 0.3) is 0 Å². The highest BCUT2D eigenvalue weighted by Gasteiger charge is 2.06. The summed E-state index contributed by atoms with van der Waals surface area (Å²) in [6.45, 7) is 1.88. The maximum absolute atomic E-state index is 12.3. The van der Waals surface area contributed by atoms with E-state index in [1.807, 2.05) is 37.3 Å². The molecule has 0 atom stereocenters. The molecule has 1 heterocycles. The Labute approximate surface area is 173 Å². The minimum Gasteiger partial charge on any atom is -0.457 e. The van der Waals surface area contributed by atoms with E-state index in [0.29, 0.717) is 34.2 Å². The number of benzene rings is 3. The van der Waals surface area contributed by atoms with Crippen LogP contribution in [0.15, 0.2) is 77.2 Å². The number of hydrogen-bond acceptors (Lipinski definition) is 5. The molecule has 1 aromatic heterocycles. The van der Waals surface area contributed by atoms with Crippen LogP contribution in [0.25, 0.3) is 17.2 Å². The maximum Gasteiger partial charge on any atom is 0.248 e. The summed E-state index contributed by atoms with van der Waals surface area (Å²) in [7, 11) is 0. The SMILES string of the molecule is Cc1cc(Oc2ccc(C#N)cc2)ccc1NC(=O)/C=C/c1nc2ccccc2o1. The van der Waals surface area contributed by atoms with Gasteiger partial charge >= 0.3 is 0 Å². The Morgan fingerprint density at radius 1 is 1.10 bits per heavy atom. The molecular formula is C24H17N3O3.